The second-order valence-electron chi connectivity index (χ2n) is 6.85. The molecule has 0 saturated heterocycles. The van der Waals surface area contributed by atoms with Gasteiger partial charge in [-0.15, -0.1) is 10.2 Å². The van der Waals surface area contributed by atoms with Crippen molar-refractivity contribution < 1.29 is 9.59 Å². The molecule has 2 aliphatic carbocycles. The van der Waals surface area contributed by atoms with Gasteiger partial charge in [0, 0.05) is 19.0 Å². The quantitative estimate of drug-likeness (QED) is 0.794. The maximum Gasteiger partial charge on any atom is 0.321 e. The van der Waals surface area contributed by atoms with Gasteiger partial charge in [0.1, 0.15) is 5.82 Å². The number of nitrogens with one attached hydrogen (secondary N) is 2. The molecule has 3 amide bonds. The van der Waals surface area contributed by atoms with Gasteiger partial charge < -0.3 is 9.88 Å². The van der Waals surface area contributed by atoms with Crippen LogP contribution in [0.3, 0.4) is 0 Å². The van der Waals surface area contributed by atoms with Crippen molar-refractivity contribution in [2.75, 3.05) is 5.75 Å². The Morgan fingerprint density at radius 1 is 1.21 bits per heavy atom. The minimum atomic E-state index is -0.393. The van der Waals surface area contributed by atoms with Crippen LogP contribution in [0.1, 0.15) is 57.2 Å². The molecule has 2 N–H and O–H groups in total. The molecule has 8 heteroatoms. The summed E-state index contributed by atoms with van der Waals surface area (Å²) in [5.41, 5.74) is 0. The van der Waals surface area contributed by atoms with Gasteiger partial charge in [-0.1, -0.05) is 31.5 Å². The van der Waals surface area contributed by atoms with Crippen molar-refractivity contribution in [2.45, 2.75) is 62.6 Å². The van der Waals surface area contributed by atoms with E-state index in [1.165, 1.54) is 18.2 Å². The molecule has 0 aromatic carbocycles. The Labute approximate surface area is 146 Å². The largest absolute Gasteiger partial charge is 0.335 e. The van der Waals surface area contributed by atoms with Gasteiger partial charge in [0.25, 0.3) is 0 Å². The molecule has 1 heterocycles. The van der Waals surface area contributed by atoms with Crippen LogP contribution in [-0.2, 0) is 11.8 Å². The van der Waals surface area contributed by atoms with E-state index in [0.29, 0.717) is 17.0 Å². The standard InChI is InChI=1S/C16H25N5O2S/c1-10-5-3-4-6-12(10)17-15(23)18-13(22)9-24-16-20-19-14(21(16)2)11-7-8-11/h10-12H,3-9H2,1-2H3,(H2,17,18,22,23)/t10-,12-/m1/s1. The lowest BCUT2D eigenvalue weighted by Crippen LogP contribution is -2.48. The van der Waals surface area contributed by atoms with Crippen molar-refractivity contribution in [3.8, 4) is 0 Å². The Morgan fingerprint density at radius 2 is 1.96 bits per heavy atom. The molecule has 3 rings (SSSR count). The zero-order valence-electron chi connectivity index (χ0n) is 14.2. The molecule has 0 spiro atoms. The monoisotopic (exact) mass is 351 g/mol. The van der Waals surface area contributed by atoms with Crippen LogP contribution >= 0.6 is 11.8 Å². The number of thioether (sulfide) groups is 1. The topological polar surface area (TPSA) is 88.9 Å². The van der Waals surface area contributed by atoms with Gasteiger partial charge in [-0.3, -0.25) is 10.1 Å². The Morgan fingerprint density at radius 3 is 2.67 bits per heavy atom. The van der Waals surface area contributed by atoms with Crippen molar-refractivity contribution in [3.05, 3.63) is 5.82 Å². The molecule has 2 atom stereocenters. The van der Waals surface area contributed by atoms with Gasteiger partial charge in [-0.25, -0.2) is 4.79 Å². The first kappa shape index (κ1) is 17.3. The summed E-state index contributed by atoms with van der Waals surface area (Å²) < 4.78 is 1.94. The van der Waals surface area contributed by atoms with Gasteiger partial charge >= 0.3 is 6.03 Å². The number of carbonyl (C=O) groups excluding carboxylic acids is 2. The number of carbonyl (C=O) groups is 2. The first-order valence-corrected chi connectivity index (χ1v) is 9.65. The highest BCUT2D eigenvalue weighted by Crippen LogP contribution is 2.39. The summed E-state index contributed by atoms with van der Waals surface area (Å²) >= 11 is 1.31. The molecule has 132 valence electrons. The average molecular weight is 351 g/mol. The van der Waals surface area contributed by atoms with E-state index in [4.69, 9.17) is 0 Å². The highest BCUT2D eigenvalue weighted by atomic mass is 32.2. The number of urea groups is 1. The van der Waals surface area contributed by atoms with E-state index in [1.54, 1.807) is 0 Å². The smallest absolute Gasteiger partial charge is 0.321 e. The van der Waals surface area contributed by atoms with Crippen molar-refractivity contribution in [1.29, 1.82) is 0 Å². The van der Waals surface area contributed by atoms with E-state index in [0.717, 1.165) is 37.9 Å². The van der Waals surface area contributed by atoms with Crippen molar-refractivity contribution >= 4 is 23.7 Å². The second kappa shape index (κ2) is 7.55. The number of amides is 3. The summed E-state index contributed by atoms with van der Waals surface area (Å²) in [5.74, 6) is 1.82. The van der Waals surface area contributed by atoms with Crippen LogP contribution in [0.5, 0.6) is 0 Å². The van der Waals surface area contributed by atoms with Crippen LogP contribution in [0.4, 0.5) is 4.79 Å². The Hall–Kier alpha value is -1.57. The average Bonchev–Trinajstić information content (AvgIpc) is 3.31. The van der Waals surface area contributed by atoms with Crippen LogP contribution in [0.15, 0.2) is 5.16 Å². The maximum atomic E-state index is 12.0. The number of hydrogen-bond acceptors (Lipinski definition) is 5. The molecule has 0 radical (unpaired) electrons. The normalized spacial score (nSPS) is 23.8. The van der Waals surface area contributed by atoms with Crippen molar-refractivity contribution in [2.24, 2.45) is 13.0 Å². The van der Waals surface area contributed by atoms with Crippen molar-refractivity contribution in [1.82, 2.24) is 25.4 Å². The zero-order chi connectivity index (χ0) is 17.1. The number of hydrogen-bond donors (Lipinski definition) is 2. The Kier molecular flexibility index (Phi) is 5.43. The Bertz CT molecular complexity index is 614. The lowest BCUT2D eigenvalue weighted by atomic mass is 9.86. The van der Waals surface area contributed by atoms with E-state index < -0.39 is 6.03 Å². The van der Waals surface area contributed by atoms with E-state index >= 15 is 0 Å². The molecule has 2 aliphatic rings. The predicted octanol–water partition coefficient (Wildman–Crippen LogP) is 2.19. The predicted molar refractivity (Wildman–Crippen MR) is 91.8 cm³/mol. The van der Waals surface area contributed by atoms with E-state index in [1.807, 2.05) is 11.6 Å². The molecular weight excluding hydrogens is 326 g/mol. The first-order valence-electron chi connectivity index (χ1n) is 8.67. The van der Waals surface area contributed by atoms with Crippen molar-refractivity contribution in [3.63, 3.8) is 0 Å². The zero-order valence-corrected chi connectivity index (χ0v) is 15.1. The molecular formula is C16H25N5O2S. The number of aromatic nitrogens is 3. The lowest BCUT2D eigenvalue weighted by Gasteiger charge is -2.29. The summed E-state index contributed by atoms with van der Waals surface area (Å²) in [7, 11) is 1.92. The number of imide groups is 1. The molecule has 0 aliphatic heterocycles. The minimum absolute atomic E-state index is 0.157. The molecule has 0 unspecified atom stereocenters. The summed E-state index contributed by atoms with van der Waals surface area (Å²) in [6.45, 7) is 2.15. The highest BCUT2D eigenvalue weighted by Gasteiger charge is 2.29. The fourth-order valence-corrected chi connectivity index (χ4v) is 3.89. The van der Waals surface area contributed by atoms with E-state index in [2.05, 4.69) is 27.8 Å². The summed E-state index contributed by atoms with van der Waals surface area (Å²) in [4.78, 5) is 23.9. The third-order valence-corrected chi connectivity index (χ3v) is 5.84. The summed E-state index contributed by atoms with van der Waals surface area (Å²) in [5, 5.41) is 14.4. The van der Waals surface area contributed by atoms with Crippen LogP contribution in [0, 0.1) is 5.92 Å². The van der Waals surface area contributed by atoms with E-state index in [9.17, 15) is 9.59 Å². The van der Waals surface area contributed by atoms with Gasteiger partial charge in [0.05, 0.1) is 5.75 Å². The van der Waals surface area contributed by atoms with Crippen LogP contribution in [-0.4, -0.2) is 38.5 Å². The number of rotatable bonds is 5. The fraction of sp³-hybridized carbons (Fsp3) is 0.750. The maximum absolute atomic E-state index is 12.0. The SMILES string of the molecule is C[C@@H]1CCCC[C@H]1NC(=O)NC(=O)CSc1nnc(C2CC2)n1C. The molecule has 1 aromatic rings. The highest BCUT2D eigenvalue weighted by molar-refractivity contribution is 7.99. The summed E-state index contributed by atoms with van der Waals surface area (Å²) in [6, 6.07) is -0.227. The minimum Gasteiger partial charge on any atom is -0.335 e. The van der Waals surface area contributed by atoms with Crippen LogP contribution in [0.25, 0.3) is 0 Å². The number of nitrogens with zero attached hydrogens (tertiary/aromatic N) is 3. The van der Waals surface area contributed by atoms with Crippen LogP contribution < -0.4 is 10.6 Å². The van der Waals surface area contributed by atoms with Gasteiger partial charge in [0.2, 0.25) is 5.91 Å². The third kappa shape index (κ3) is 4.28. The van der Waals surface area contributed by atoms with Gasteiger partial charge in [0.15, 0.2) is 5.16 Å². The van der Waals surface area contributed by atoms with Gasteiger partial charge in [-0.2, -0.15) is 0 Å². The molecule has 24 heavy (non-hydrogen) atoms. The Balaban J connectivity index is 1.42. The molecule has 2 saturated carbocycles. The summed E-state index contributed by atoms with van der Waals surface area (Å²) in [6.07, 6.45) is 6.80. The first-order chi connectivity index (χ1) is 11.5. The molecule has 7 nitrogen and oxygen atoms in total. The van der Waals surface area contributed by atoms with Gasteiger partial charge in [-0.05, 0) is 31.6 Å². The second-order valence-corrected chi connectivity index (χ2v) is 7.80. The van der Waals surface area contributed by atoms with Crippen LogP contribution in [0.2, 0.25) is 0 Å². The van der Waals surface area contributed by atoms with E-state index in [-0.39, 0.29) is 17.7 Å². The third-order valence-electron chi connectivity index (χ3n) is 4.82. The fourth-order valence-electron chi connectivity index (χ4n) is 3.18. The lowest BCUT2D eigenvalue weighted by molar-refractivity contribution is -0.117. The molecule has 1 aromatic heterocycles. The molecule has 2 fully saturated rings. The molecule has 0 bridgehead atoms.